The average Bonchev–Trinajstić information content (AvgIpc) is 1.87. The maximum atomic E-state index is 10.6. The maximum Gasteiger partial charge on any atom is 0.267 e. The van der Waals surface area contributed by atoms with Gasteiger partial charge in [-0.2, -0.15) is 8.42 Å². The third-order valence-corrected chi connectivity index (χ3v) is 2.20. The van der Waals surface area contributed by atoms with Crippen molar-refractivity contribution in [2.75, 3.05) is 12.4 Å². The van der Waals surface area contributed by atoms with E-state index in [1.165, 1.54) is 6.92 Å². The first kappa shape index (κ1) is 10.4. The third kappa shape index (κ3) is 5.81. The van der Waals surface area contributed by atoms with E-state index in [0.29, 0.717) is 0 Å². The van der Waals surface area contributed by atoms with Crippen molar-refractivity contribution < 1.29 is 17.4 Å². The summed E-state index contributed by atoms with van der Waals surface area (Å²) in [5.74, 6) is -0.664. The second-order valence-electron chi connectivity index (χ2n) is 1.88. The lowest BCUT2D eigenvalue weighted by molar-refractivity contribution is -0.118. The number of rotatable bonds is 5. The third-order valence-electron chi connectivity index (χ3n) is 0.965. The van der Waals surface area contributed by atoms with Crippen LogP contribution in [0.3, 0.4) is 0 Å². The summed E-state index contributed by atoms with van der Waals surface area (Å²) in [4.78, 5) is 10.1. The quantitative estimate of drug-likeness (QED) is 0.564. The number of primary amides is 1. The molecule has 2 N–H and O–H groups in total. The Hall–Kier alpha value is -0.620. The Morgan fingerprint density at radius 1 is 1.55 bits per heavy atom. The monoisotopic (exact) mass is 181 g/mol. The predicted molar refractivity (Wildman–Crippen MR) is 39.2 cm³/mol. The fourth-order valence-electron chi connectivity index (χ4n) is 0.353. The van der Waals surface area contributed by atoms with Crippen molar-refractivity contribution in [2.24, 2.45) is 5.73 Å². The summed E-state index contributed by atoms with van der Waals surface area (Å²) in [6.45, 7) is 1.30. The van der Waals surface area contributed by atoms with E-state index in [1.807, 2.05) is 0 Å². The lowest BCUT2D eigenvalue weighted by Crippen LogP contribution is -2.16. The highest BCUT2D eigenvalue weighted by atomic mass is 32.2. The Kier molecular flexibility index (Phi) is 4.06. The fourth-order valence-corrected chi connectivity index (χ4v) is 0.856. The molecule has 0 rings (SSSR count). The molecule has 6 heteroatoms. The van der Waals surface area contributed by atoms with Crippen LogP contribution in [0.1, 0.15) is 13.3 Å². The molecule has 11 heavy (non-hydrogen) atoms. The minimum absolute atomic E-state index is 0.0702. The van der Waals surface area contributed by atoms with Gasteiger partial charge in [0.15, 0.2) is 0 Å². The Labute approximate surface area is 65.6 Å². The molecular weight excluding hydrogens is 170 g/mol. The normalized spacial score (nSPS) is 11.4. The van der Waals surface area contributed by atoms with E-state index in [0.717, 1.165) is 0 Å². The predicted octanol–water partition coefficient (Wildman–Crippen LogP) is -0.772. The first-order valence-electron chi connectivity index (χ1n) is 3.13. The van der Waals surface area contributed by atoms with Crippen LogP contribution in [-0.2, 0) is 19.1 Å². The number of carbonyl (C=O) groups is 1. The molecule has 5 nitrogen and oxygen atoms in total. The van der Waals surface area contributed by atoms with Gasteiger partial charge in [0, 0.05) is 0 Å². The van der Waals surface area contributed by atoms with Crippen molar-refractivity contribution in [3.05, 3.63) is 0 Å². The minimum Gasteiger partial charge on any atom is -0.370 e. The second kappa shape index (κ2) is 4.30. The molecule has 0 bridgehead atoms. The lowest BCUT2D eigenvalue weighted by atomic mass is 10.4. The van der Waals surface area contributed by atoms with Crippen LogP contribution in [0.5, 0.6) is 0 Å². The maximum absolute atomic E-state index is 10.6. The van der Waals surface area contributed by atoms with E-state index in [9.17, 15) is 13.2 Å². The van der Waals surface area contributed by atoms with Gasteiger partial charge in [0.1, 0.15) is 0 Å². The summed E-state index contributed by atoms with van der Waals surface area (Å²) >= 11 is 0. The molecule has 0 aliphatic heterocycles. The van der Waals surface area contributed by atoms with Gasteiger partial charge in [-0.3, -0.25) is 8.98 Å². The van der Waals surface area contributed by atoms with Gasteiger partial charge in [0.05, 0.1) is 18.8 Å². The topological polar surface area (TPSA) is 86.5 Å². The molecule has 0 saturated carbocycles. The van der Waals surface area contributed by atoms with Crippen molar-refractivity contribution in [3.8, 4) is 0 Å². The molecule has 0 aromatic carbocycles. The van der Waals surface area contributed by atoms with Crippen LogP contribution in [0.2, 0.25) is 0 Å². The standard InChI is InChI=1S/C5H11NO4S/c1-2-11(8,9)10-4-3-5(6)7/h2-4H2,1H3,(H2,6,7). The number of hydrogen-bond donors (Lipinski definition) is 1. The molecule has 66 valence electrons. The first-order chi connectivity index (χ1) is 4.98. The van der Waals surface area contributed by atoms with Crippen molar-refractivity contribution in [1.29, 1.82) is 0 Å². The number of carbonyl (C=O) groups excluding carboxylic acids is 1. The minimum atomic E-state index is -3.42. The van der Waals surface area contributed by atoms with Crippen molar-refractivity contribution in [1.82, 2.24) is 0 Å². The van der Waals surface area contributed by atoms with E-state index in [-0.39, 0.29) is 18.8 Å². The van der Waals surface area contributed by atoms with Crippen LogP contribution in [-0.4, -0.2) is 26.7 Å². The molecule has 0 aromatic rings. The molecule has 0 heterocycles. The second-order valence-corrected chi connectivity index (χ2v) is 3.81. The summed E-state index contributed by atoms with van der Waals surface area (Å²) in [5, 5.41) is 0. The number of hydrogen-bond acceptors (Lipinski definition) is 4. The molecule has 0 aliphatic rings. The van der Waals surface area contributed by atoms with Crippen LogP contribution >= 0.6 is 0 Å². The van der Waals surface area contributed by atoms with Gasteiger partial charge in [-0.25, -0.2) is 0 Å². The van der Waals surface area contributed by atoms with Crippen LogP contribution in [0.25, 0.3) is 0 Å². The van der Waals surface area contributed by atoms with E-state index >= 15 is 0 Å². The molecule has 0 unspecified atom stereocenters. The fraction of sp³-hybridized carbons (Fsp3) is 0.800. The summed E-state index contributed by atoms with van der Waals surface area (Å²) in [5.41, 5.74) is 4.75. The Morgan fingerprint density at radius 2 is 2.09 bits per heavy atom. The molecule has 0 spiro atoms. The van der Waals surface area contributed by atoms with Crippen LogP contribution in [0.15, 0.2) is 0 Å². The van der Waals surface area contributed by atoms with Gasteiger partial charge in [-0.15, -0.1) is 0 Å². The average molecular weight is 181 g/mol. The van der Waals surface area contributed by atoms with Crippen molar-refractivity contribution >= 4 is 16.0 Å². The zero-order valence-corrected chi connectivity index (χ0v) is 7.06. The smallest absolute Gasteiger partial charge is 0.267 e. The Bertz CT molecular complexity index is 221. The van der Waals surface area contributed by atoms with E-state index in [4.69, 9.17) is 5.73 Å². The van der Waals surface area contributed by atoms with E-state index in [2.05, 4.69) is 4.18 Å². The molecular formula is C5H11NO4S. The Morgan fingerprint density at radius 3 is 2.45 bits per heavy atom. The van der Waals surface area contributed by atoms with Gasteiger partial charge < -0.3 is 5.73 Å². The van der Waals surface area contributed by atoms with Crippen molar-refractivity contribution in [3.63, 3.8) is 0 Å². The highest BCUT2D eigenvalue weighted by Crippen LogP contribution is 1.93. The summed E-state index contributed by atoms with van der Waals surface area (Å²) in [7, 11) is -3.42. The van der Waals surface area contributed by atoms with Gasteiger partial charge in [-0.1, -0.05) is 0 Å². The number of amides is 1. The summed E-state index contributed by atoms with van der Waals surface area (Å²) in [6.07, 6.45) is -0.0702. The molecule has 0 fully saturated rings. The highest BCUT2D eigenvalue weighted by molar-refractivity contribution is 7.86. The zero-order valence-electron chi connectivity index (χ0n) is 6.24. The van der Waals surface area contributed by atoms with Crippen LogP contribution in [0.4, 0.5) is 0 Å². The molecule has 0 atom stereocenters. The van der Waals surface area contributed by atoms with Crippen molar-refractivity contribution in [2.45, 2.75) is 13.3 Å². The van der Waals surface area contributed by atoms with Crippen LogP contribution in [0, 0.1) is 0 Å². The molecule has 0 aromatic heterocycles. The van der Waals surface area contributed by atoms with Crippen LogP contribution < -0.4 is 5.73 Å². The molecule has 0 radical (unpaired) electrons. The zero-order chi connectivity index (χ0) is 8.91. The summed E-state index contributed by atoms with van der Waals surface area (Å²) in [6, 6.07) is 0. The Balaban J connectivity index is 3.63. The van der Waals surface area contributed by atoms with E-state index in [1.54, 1.807) is 0 Å². The van der Waals surface area contributed by atoms with Gasteiger partial charge in [-0.05, 0) is 6.92 Å². The van der Waals surface area contributed by atoms with Gasteiger partial charge in [0.2, 0.25) is 5.91 Å². The van der Waals surface area contributed by atoms with Gasteiger partial charge in [0.25, 0.3) is 10.1 Å². The lowest BCUT2D eigenvalue weighted by Gasteiger charge is -1.99. The van der Waals surface area contributed by atoms with Gasteiger partial charge >= 0.3 is 0 Å². The summed E-state index contributed by atoms with van der Waals surface area (Å²) < 4.78 is 25.6. The highest BCUT2D eigenvalue weighted by Gasteiger charge is 2.06. The molecule has 1 amide bonds. The largest absolute Gasteiger partial charge is 0.370 e. The molecule has 0 saturated heterocycles. The van der Waals surface area contributed by atoms with E-state index < -0.39 is 16.0 Å². The first-order valence-corrected chi connectivity index (χ1v) is 4.71. The number of nitrogens with two attached hydrogens (primary N) is 1. The SMILES string of the molecule is CCS(=O)(=O)OCCC(N)=O. The molecule has 0 aliphatic carbocycles.